The monoisotopic (exact) mass is 353 g/mol. The molecule has 2 aromatic rings. The largest absolute Gasteiger partial charge is 0.497 e. The Balaban J connectivity index is 1.42. The predicted molar refractivity (Wildman–Crippen MR) is 105 cm³/mol. The first-order chi connectivity index (χ1) is 12.7. The van der Waals surface area contributed by atoms with E-state index in [0.717, 1.165) is 43.9 Å². The molecule has 1 fully saturated rings. The number of anilines is 1. The zero-order valence-electron chi connectivity index (χ0n) is 15.6. The van der Waals surface area contributed by atoms with Crippen molar-refractivity contribution in [2.75, 3.05) is 44.7 Å². The van der Waals surface area contributed by atoms with Crippen LogP contribution in [0, 0.1) is 6.92 Å². The molecule has 138 valence electrons. The fraction of sp³-hybridized carbons (Fsp3) is 0.381. The van der Waals surface area contributed by atoms with E-state index in [1.54, 1.807) is 7.11 Å². The highest BCUT2D eigenvalue weighted by atomic mass is 16.5. The first-order valence-electron chi connectivity index (χ1n) is 9.13. The Morgan fingerprint density at radius 1 is 1.08 bits per heavy atom. The van der Waals surface area contributed by atoms with Gasteiger partial charge >= 0.3 is 6.03 Å². The molecular weight excluding hydrogens is 326 g/mol. The lowest BCUT2D eigenvalue weighted by Gasteiger charge is -2.36. The minimum atomic E-state index is 0.0245. The Labute approximate surface area is 155 Å². The molecule has 0 spiro atoms. The van der Waals surface area contributed by atoms with Gasteiger partial charge in [-0.05, 0) is 43.2 Å². The smallest absolute Gasteiger partial charge is 0.317 e. The first-order valence-corrected chi connectivity index (χ1v) is 9.13. The fourth-order valence-corrected chi connectivity index (χ4v) is 3.18. The molecule has 1 saturated heterocycles. The van der Waals surface area contributed by atoms with Gasteiger partial charge in [-0.1, -0.05) is 29.8 Å². The van der Waals surface area contributed by atoms with Gasteiger partial charge in [-0.2, -0.15) is 0 Å². The van der Waals surface area contributed by atoms with Crippen LogP contribution < -0.4 is 15.0 Å². The van der Waals surface area contributed by atoms with Gasteiger partial charge in [-0.3, -0.25) is 0 Å². The molecule has 0 saturated carbocycles. The maximum absolute atomic E-state index is 12.4. The molecule has 1 heterocycles. The molecule has 1 aliphatic rings. The van der Waals surface area contributed by atoms with Gasteiger partial charge in [-0.15, -0.1) is 0 Å². The minimum Gasteiger partial charge on any atom is -0.497 e. The van der Waals surface area contributed by atoms with Crippen LogP contribution in [0.2, 0.25) is 0 Å². The van der Waals surface area contributed by atoms with Gasteiger partial charge < -0.3 is 19.9 Å². The van der Waals surface area contributed by atoms with Gasteiger partial charge in [-0.25, -0.2) is 4.79 Å². The molecule has 1 N–H and O–H groups in total. The lowest BCUT2D eigenvalue weighted by atomic mass is 10.1. The lowest BCUT2D eigenvalue weighted by molar-refractivity contribution is 0.194. The van der Waals surface area contributed by atoms with E-state index >= 15 is 0 Å². The highest BCUT2D eigenvalue weighted by Gasteiger charge is 2.20. The van der Waals surface area contributed by atoms with E-state index in [9.17, 15) is 4.79 Å². The number of nitrogens with zero attached hydrogens (tertiary/aromatic N) is 2. The molecule has 26 heavy (non-hydrogen) atoms. The third kappa shape index (κ3) is 4.69. The van der Waals surface area contributed by atoms with E-state index in [0.29, 0.717) is 6.54 Å². The number of hydrogen-bond donors (Lipinski definition) is 1. The summed E-state index contributed by atoms with van der Waals surface area (Å²) in [6.07, 6.45) is 0.798. The average Bonchev–Trinajstić information content (AvgIpc) is 2.69. The van der Waals surface area contributed by atoms with Crippen molar-refractivity contribution in [2.45, 2.75) is 13.3 Å². The van der Waals surface area contributed by atoms with Crippen molar-refractivity contribution in [1.82, 2.24) is 10.2 Å². The normalized spacial score (nSPS) is 14.2. The second-order valence-corrected chi connectivity index (χ2v) is 6.64. The molecule has 0 bridgehead atoms. The van der Waals surface area contributed by atoms with Crippen LogP contribution in [0.25, 0.3) is 0 Å². The number of benzene rings is 2. The molecule has 3 rings (SSSR count). The first kappa shape index (κ1) is 18.1. The van der Waals surface area contributed by atoms with Crippen LogP contribution in [-0.4, -0.2) is 50.8 Å². The summed E-state index contributed by atoms with van der Waals surface area (Å²) in [5, 5.41) is 3.03. The Hall–Kier alpha value is -2.69. The van der Waals surface area contributed by atoms with E-state index in [2.05, 4.69) is 47.5 Å². The third-order valence-electron chi connectivity index (χ3n) is 4.79. The highest BCUT2D eigenvalue weighted by Crippen LogP contribution is 2.17. The number of aryl methyl sites for hydroxylation is 1. The summed E-state index contributed by atoms with van der Waals surface area (Å²) in [7, 11) is 1.66. The number of rotatable bonds is 5. The summed E-state index contributed by atoms with van der Waals surface area (Å²) >= 11 is 0. The maximum atomic E-state index is 12.4. The van der Waals surface area contributed by atoms with Crippen LogP contribution >= 0.6 is 0 Å². The fourth-order valence-electron chi connectivity index (χ4n) is 3.18. The van der Waals surface area contributed by atoms with Gasteiger partial charge in [0.1, 0.15) is 5.75 Å². The second-order valence-electron chi connectivity index (χ2n) is 6.64. The molecule has 0 aromatic heterocycles. The number of piperazine rings is 1. The summed E-state index contributed by atoms with van der Waals surface area (Å²) in [6.45, 7) is 5.96. The molecule has 5 nitrogen and oxygen atoms in total. The Kier molecular flexibility index (Phi) is 6.00. The molecule has 0 unspecified atom stereocenters. The van der Waals surface area contributed by atoms with E-state index in [1.807, 2.05) is 23.1 Å². The zero-order chi connectivity index (χ0) is 18.4. The van der Waals surface area contributed by atoms with Crippen LogP contribution in [0.15, 0.2) is 48.5 Å². The molecule has 0 atom stereocenters. The summed E-state index contributed by atoms with van der Waals surface area (Å²) in [5.74, 6) is 0.848. The number of carbonyl (C=O) groups excluding carboxylic acids is 1. The zero-order valence-corrected chi connectivity index (χ0v) is 15.6. The maximum Gasteiger partial charge on any atom is 0.317 e. The van der Waals surface area contributed by atoms with E-state index in [-0.39, 0.29) is 6.03 Å². The molecule has 5 heteroatoms. The van der Waals surface area contributed by atoms with Crippen LogP contribution in [0.3, 0.4) is 0 Å². The van der Waals surface area contributed by atoms with Crippen LogP contribution in [0.1, 0.15) is 11.1 Å². The van der Waals surface area contributed by atoms with Crippen LogP contribution in [0.4, 0.5) is 10.5 Å². The van der Waals surface area contributed by atoms with Crippen LogP contribution in [-0.2, 0) is 6.42 Å². The van der Waals surface area contributed by atoms with Gasteiger partial charge in [0.2, 0.25) is 0 Å². The van der Waals surface area contributed by atoms with Crippen molar-refractivity contribution in [1.29, 1.82) is 0 Å². The van der Waals surface area contributed by atoms with Crippen molar-refractivity contribution in [3.8, 4) is 5.75 Å². The Morgan fingerprint density at radius 3 is 2.50 bits per heavy atom. The van der Waals surface area contributed by atoms with Gasteiger partial charge in [0.25, 0.3) is 0 Å². The SMILES string of the molecule is COc1cccc(CCNC(=O)N2CCN(c3ccc(C)cc3)CC2)c1. The Bertz CT molecular complexity index is 722. The topological polar surface area (TPSA) is 44.8 Å². The second kappa shape index (κ2) is 8.61. The Morgan fingerprint density at radius 2 is 1.81 bits per heavy atom. The molecular formula is C21H27N3O2. The predicted octanol–water partition coefficient (Wildman–Crippen LogP) is 3.08. The standard InChI is InChI=1S/C21H27N3O2/c1-17-6-8-19(9-7-17)23-12-14-24(15-13-23)21(25)22-11-10-18-4-3-5-20(16-18)26-2/h3-9,16H,10-15H2,1-2H3,(H,22,25). The van der Waals surface area contributed by atoms with Gasteiger partial charge in [0.15, 0.2) is 0 Å². The number of methoxy groups -OCH3 is 1. The molecule has 2 aromatic carbocycles. The molecule has 2 amide bonds. The number of nitrogens with one attached hydrogen (secondary N) is 1. The van der Waals surface area contributed by atoms with Crippen LogP contribution in [0.5, 0.6) is 5.75 Å². The molecule has 0 radical (unpaired) electrons. The molecule has 0 aliphatic carbocycles. The van der Waals surface area contributed by atoms with Crippen molar-refractivity contribution in [3.63, 3.8) is 0 Å². The number of amides is 2. The number of urea groups is 1. The quantitative estimate of drug-likeness (QED) is 0.898. The summed E-state index contributed by atoms with van der Waals surface area (Å²) in [6, 6.07) is 16.5. The van der Waals surface area contributed by atoms with Crippen molar-refractivity contribution in [2.24, 2.45) is 0 Å². The average molecular weight is 353 g/mol. The van der Waals surface area contributed by atoms with E-state index in [1.165, 1.54) is 11.3 Å². The summed E-state index contributed by atoms with van der Waals surface area (Å²) in [4.78, 5) is 16.6. The highest BCUT2D eigenvalue weighted by molar-refractivity contribution is 5.74. The van der Waals surface area contributed by atoms with Crippen molar-refractivity contribution in [3.05, 3.63) is 59.7 Å². The summed E-state index contributed by atoms with van der Waals surface area (Å²) in [5.41, 5.74) is 3.66. The molecule has 1 aliphatic heterocycles. The van der Waals surface area contributed by atoms with Crippen molar-refractivity contribution >= 4 is 11.7 Å². The van der Waals surface area contributed by atoms with Gasteiger partial charge in [0.05, 0.1) is 7.11 Å². The van der Waals surface area contributed by atoms with E-state index in [4.69, 9.17) is 4.74 Å². The third-order valence-corrected chi connectivity index (χ3v) is 4.79. The number of ether oxygens (including phenoxy) is 1. The van der Waals surface area contributed by atoms with E-state index < -0.39 is 0 Å². The van der Waals surface area contributed by atoms with Crippen molar-refractivity contribution < 1.29 is 9.53 Å². The number of hydrogen-bond acceptors (Lipinski definition) is 3. The van der Waals surface area contributed by atoms with Gasteiger partial charge in [0, 0.05) is 38.4 Å². The minimum absolute atomic E-state index is 0.0245. The number of carbonyl (C=O) groups is 1. The lowest BCUT2D eigenvalue weighted by Crippen LogP contribution is -2.52. The summed E-state index contributed by atoms with van der Waals surface area (Å²) < 4.78 is 5.23.